The highest BCUT2D eigenvalue weighted by molar-refractivity contribution is 5.90. The first-order chi connectivity index (χ1) is 17.4. The molecule has 2 amide bonds. The molecule has 3 heterocycles. The van der Waals surface area contributed by atoms with E-state index in [4.69, 9.17) is 4.74 Å². The van der Waals surface area contributed by atoms with Crippen LogP contribution in [0, 0.1) is 0 Å². The number of benzene rings is 2. The van der Waals surface area contributed by atoms with E-state index in [1.165, 1.54) is 5.69 Å². The van der Waals surface area contributed by atoms with Gasteiger partial charge in [-0.2, -0.15) is 13.2 Å². The normalized spacial score (nSPS) is 14.1. The third-order valence-corrected chi connectivity index (χ3v) is 5.96. The summed E-state index contributed by atoms with van der Waals surface area (Å²) in [6.45, 7) is 1.86. The molecule has 0 bridgehead atoms. The number of urea groups is 1. The minimum atomic E-state index is -4.47. The van der Waals surface area contributed by atoms with Gasteiger partial charge in [0.15, 0.2) is 0 Å². The van der Waals surface area contributed by atoms with Crippen LogP contribution in [0.25, 0.3) is 28.0 Å². The summed E-state index contributed by atoms with van der Waals surface area (Å²) in [4.78, 5) is 18.6. The zero-order valence-electron chi connectivity index (χ0n) is 19.3. The van der Waals surface area contributed by atoms with Crippen LogP contribution in [0.5, 0.6) is 0 Å². The van der Waals surface area contributed by atoms with Crippen LogP contribution in [-0.2, 0) is 4.74 Å². The van der Waals surface area contributed by atoms with Crippen LogP contribution >= 0.6 is 0 Å². The van der Waals surface area contributed by atoms with E-state index in [2.05, 4.69) is 39.5 Å². The average molecular weight is 496 g/mol. The lowest BCUT2D eigenvalue weighted by molar-refractivity contribution is -0.122. The van der Waals surface area contributed by atoms with Crippen LogP contribution in [0.4, 0.5) is 29.3 Å². The Kier molecular flexibility index (Phi) is 6.51. The number of fused-ring (bicyclic) bond motifs is 1. The Labute approximate surface area is 205 Å². The summed E-state index contributed by atoms with van der Waals surface area (Å²) >= 11 is 0. The van der Waals surface area contributed by atoms with E-state index in [9.17, 15) is 18.0 Å². The van der Waals surface area contributed by atoms with Crippen molar-refractivity contribution in [3.63, 3.8) is 0 Å². The molecule has 4 aromatic rings. The largest absolute Gasteiger partial charge is 0.405 e. The second-order valence-electron chi connectivity index (χ2n) is 8.44. The molecule has 1 aliphatic heterocycles. The number of rotatable bonds is 5. The number of pyridine rings is 1. The van der Waals surface area contributed by atoms with Gasteiger partial charge in [0.25, 0.3) is 0 Å². The molecule has 0 spiro atoms. The van der Waals surface area contributed by atoms with Gasteiger partial charge in [0, 0.05) is 36.2 Å². The Morgan fingerprint density at radius 2 is 1.75 bits per heavy atom. The van der Waals surface area contributed by atoms with Crippen LogP contribution in [-0.4, -0.2) is 54.4 Å². The van der Waals surface area contributed by atoms with E-state index in [0.717, 1.165) is 54.3 Å². The predicted octanol–water partition coefficient (Wildman–Crippen LogP) is 5.19. The predicted molar refractivity (Wildman–Crippen MR) is 132 cm³/mol. The summed E-state index contributed by atoms with van der Waals surface area (Å²) in [5, 5.41) is 4.23. The molecule has 2 aromatic carbocycles. The Bertz CT molecular complexity index is 1360. The summed E-state index contributed by atoms with van der Waals surface area (Å²) in [6.07, 6.45) is -0.818. The van der Waals surface area contributed by atoms with Crippen molar-refractivity contribution in [3.8, 4) is 22.4 Å². The quantitative estimate of drug-likeness (QED) is 0.400. The van der Waals surface area contributed by atoms with Gasteiger partial charge in [-0.05, 0) is 47.5 Å². The lowest BCUT2D eigenvalue weighted by Crippen LogP contribution is -2.36. The SMILES string of the molecule is O=C(NCC(F)(F)F)Nc1cccc(-c2cnc3cc(-c4ccc(N5CCOCC5)cc4)ccn23)c1. The number of halogens is 3. The van der Waals surface area contributed by atoms with Crippen molar-refractivity contribution >= 4 is 23.1 Å². The molecule has 10 heteroatoms. The molecule has 0 atom stereocenters. The number of imidazole rings is 1. The molecular formula is C26H24F3N5O2. The first-order valence-corrected chi connectivity index (χ1v) is 11.5. The van der Waals surface area contributed by atoms with Gasteiger partial charge in [-0.1, -0.05) is 24.3 Å². The van der Waals surface area contributed by atoms with Gasteiger partial charge in [0.1, 0.15) is 12.2 Å². The maximum Gasteiger partial charge on any atom is 0.405 e. The van der Waals surface area contributed by atoms with Crippen LogP contribution in [0.3, 0.4) is 0 Å². The lowest BCUT2D eigenvalue weighted by atomic mass is 10.1. The highest BCUT2D eigenvalue weighted by Gasteiger charge is 2.27. The van der Waals surface area contributed by atoms with Crippen molar-refractivity contribution in [1.29, 1.82) is 0 Å². The number of carbonyl (C=O) groups excluding carboxylic acids is 1. The monoisotopic (exact) mass is 495 g/mol. The minimum Gasteiger partial charge on any atom is -0.378 e. The molecule has 0 unspecified atom stereocenters. The number of aromatic nitrogens is 2. The fraction of sp³-hybridized carbons (Fsp3) is 0.231. The third kappa shape index (κ3) is 5.44. The molecule has 0 saturated carbocycles. The van der Waals surface area contributed by atoms with Crippen LogP contribution in [0.15, 0.2) is 73.1 Å². The summed E-state index contributed by atoms with van der Waals surface area (Å²) < 4.78 is 44.3. The fourth-order valence-corrected chi connectivity index (χ4v) is 4.17. The molecule has 36 heavy (non-hydrogen) atoms. The van der Waals surface area contributed by atoms with Crippen molar-refractivity contribution in [2.45, 2.75) is 6.18 Å². The molecule has 1 aliphatic rings. The van der Waals surface area contributed by atoms with Crippen molar-refractivity contribution in [2.24, 2.45) is 0 Å². The Morgan fingerprint density at radius 1 is 0.972 bits per heavy atom. The number of nitrogens with zero attached hydrogens (tertiary/aromatic N) is 3. The van der Waals surface area contributed by atoms with E-state index in [1.807, 2.05) is 28.8 Å². The molecule has 2 aromatic heterocycles. The van der Waals surface area contributed by atoms with E-state index in [1.54, 1.807) is 29.7 Å². The standard InChI is InChI=1S/C26H24F3N5O2/c27-26(28,29)17-31-25(35)32-21-3-1-2-20(14-21)23-16-30-24-15-19(8-9-34(23)24)18-4-6-22(7-5-18)33-10-12-36-13-11-33/h1-9,14-16H,10-13,17H2,(H2,31,32,35). The number of carbonyl (C=O) groups is 1. The highest BCUT2D eigenvalue weighted by Crippen LogP contribution is 2.28. The molecule has 1 saturated heterocycles. The van der Waals surface area contributed by atoms with E-state index < -0.39 is 18.8 Å². The summed E-state index contributed by atoms with van der Waals surface area (Å²) in [5.74, 6) is 0. The zero-order valence-corrected chi connectivity index (χ0v) is 19.3. The number of nitrogens with one attached hydrogen (secondary N) is 2. The van der Waals surface area contributed by atoms with Crippen molar-refractivity contribution in [2.75, 3.05) is 43.1 Å². The Morgan fingerprint density at radius 3 is 2.50 bits per heavy atom. The number of morpholine rings is 1. The molecule has 5 rings (SSSR count). The van der Waals surface area contributed by atoms with Gasteiger partial charge in [0.2, 0.25) is 0 Å². The van der Waals surface area contributed by atoms with Gasteiger partial charge in [0.05, 0.1) is 25.1 Å². The lowest BCUT2D eigenvalue weighted by Gasteiger charge is -2.28. The van der Waals surface area contributed by atoms with Crippen molar-refractivity contribution in [3.05, 3.63) is 73.1 Å². The minimum absolute atomic E-state index is 0.374. The summed E-state index contributed by atoms with van der Waals surface area (Å²) in [7, 11) is 0. The molecule has 2 N–H and O–H groups in total. The van der Waals surface area contributed by atoms with Crippen molar-refractivity contribution < 1.29 is 22.7 Å². The zero-order chi connectivity index (χ0) is 25.1. The van der Waals surface area contributed by atoms with Gasteiger partial charge < -0.3 is 20.3 Å². The van der Waals surface area contributed by atoms with Crippen LogP contribution in [0.2, 0.25) is 0 Å². The fourth-order valence-electron chi connectivity index (χ4n) is 4.17. The molecule has 7 nitrogen and oxygen atoms in total. The Balaban J connectivity index is 1.33. The van der Waals surface area contributed by atoms with Crippen LogP contribution in [0.1, 0.15) is 0 Å². The topological polar surface area (TPSA) is 70.9 Å². The first kappa shape index (κ1) is 23.7. The number of hydrogen-bond acceptors (Lipinski definition) is 4. The molecular weight excluding hydrogens is 471 g/mol. The number of ether oxygens (including phenoxy) is 1. The summed E-state index contributed by atoms with van der Waals surface area (Å²) in [6, 6.07) is 18.4. The first-order valence-electron chi connectivity index (χ1n) is 11.5. The smallest absolute Gasteiger partial charge is 0.378 e. The van der Waals surface area contributed by atoms with E-state index >= 15 is 0 Å². The highest BCUT2D eigenvalue weighted by atomic mass is 19.4. The van der Waals surface area contributed by atoms with Crippen molar-refractivity contribution in [1.82, 2.24) is 14.7 Å². The summed E-state index contributed by atoms with van der Waals surface area (Å²) in [5.41, 5.74) is 5.96. The average Bonchev–Trinajstić information content (AvgIpc) is 3.31. The number of alkyl halides is 3. The van der Waals surface area contributed by atoms with Crippen LogP contribution < -0.4 is 15.5 Å². The number of amides is 2. The Hall–Kier alpha value is -4.05. The second-order valence-corrected chi connectivity index (χ2v) is 8.44. The third-order valence-electron chi connectivity index (χ3n) is 5.96. The molecule has 0 aliphatic carbocycles. The molecule has 1 fully saturated rings. The van der Waals surface area contributed by atoms with Gasteiger partial charge in [-0.25, -0.2) is 9.78 Å². The van der Waals surface area contributed by atoms with E-state index in [0.29, 0.717) is 5.69 Å². The molecule has 186 valence electrons. The maximum absolute atomic E-state index is 12.3. The molecule has 0 radical (unpaired) electrons. The second kappa shape index (κ2) is 9.90. The van der Waals surface area contributed by atoms with Gasteiger partial charge >= 0.3 is 12.2 Å². The van der Waals surface area contributed by atoms with Gasteiger partial charge in [-0.3, -0.25) is 4.40 Å². The number of anilines is 2. The number of hydrogen-bond donors (Lipinski definition) is 2. The van der Waals surface area contributed by atoms with E-state index in [-0.39, 0.29) is 0 Å². The van der Waals surface area contributed by atoms with Gasteiger partial charge in [-0.15, -0.1) is 0 Å². The maximum atomic E-state index is 12.3.